The first-order valence-corrected chi connectivity index (χ1v) is 6.27. The van der Waals surface area contributed by atoms with Crippen LogP contribution in [0.5, 0.6) is 0 Å². The molecule has 0 amide bonds. The van der Waals surface area contributed by atoms with Crippen LogP contribution in [0.2, 0.25) is 5.02 Å². The average molecular weight is 317 g/mol. The average Bonchev–Trinajstić information content (AvgIpc) is 2.76. The molecule has 0 aliphatic heterocycles. The minimum atomic E-state index is 0.0788. The maximum Gasteiger partial charge on any atom is 0.258 e. The molecule has 1 heterocycles. The fourth-order valence-corrected chi connectivity index (χ4v) is 2.20. The molecule has 1 unspecified atom stereocenters. The first-order chi connectivity index (χ1) is 8.10. The van der Waals surface area contributed by atoms with Crippen LogP contribution in [-0.2, 0) is 0 Å². The number of benzene rings is 1. The highest BCUT2D eigenvalue weighted by Crippen LogP contribution is 2.27. The summed E-state index contributed by atoms with van der Waals surface area (Å²) in [4.78, 5) is 4.30. The zero-order valence-electron chi connectivity index (χ0n) is 9.15. The summed E-state index contributed by atoms with van der Waals surface area (Å²) in [5, 5.41) is 4.51. The molecule has 17 heavy (non-hydrogen) atoms. The SMILES string of the molecule is CC(CN)c1noc(-c2cc(Cl)cc(Br)c2)n1. The van der Waals surface area contributed by atoms with Crippen LogP contribution in [0.3, 0.4) is 0 Å². The van der Waals surface area contributed by atoms with Crippen LogP contribution in [0.25, 0.3) is 11.5 Å². The number of rotatable bonds is 3. The number of hydrogen-bond acceptors (Lipinski definition) is 4. The normalized spacial score (nSPS) is 12.7. The highest BCUT2D eigenvalue weighted by molar-refractivity contribution is 9.10. The second-order valence-corrected chi connectivity index (χ2v) is 5.10. The lowest BCUT2D eigenvalue weighted by Gasteiger charge is -1.99. The van der Waals surface area contributed by atoms with Gasteiger partial charge in [-0.2, -0.15) is 4.98 Å². The zero-order valence-corrected chi connectivity index (χ0v) is 11.5. The van der Waals surface area contributed by atoms with Crippen molar-refractivity contribution in [3.63, 3.8) is 0 Å². The van der Waals surface area contributed by atoms with E-state index in [0.717, 1.165) is 10.0 Å². The number of aromatic nitrogens is 2. The molecule has 2 rings (SSSR count). The molecule has 0 bridgehead atoms. The molecule has 0 radical (unpaired) electrons. The predicted molar refractivity (Wildman–Crippen MR) is 69.9 cm³/mol. The molecule has 0 aliphatic rings. The molecular formula is C11H11BrClN3O. The number of hydrogen-bond donors (Lipinski definition) is 1. The smallest absolute Gasteiger partial charge is 0.258 e. The van der Waals surface area contributed by atoms with Crippen LogP contribution in [-0.4, -0.2) is 16.7 Å². The molecule has 0 fully saturated rings. The van der Waals surface area contributed by atoms with Gasteiger partial charge in [0.1, 0.15) is 0 Å². The molecule has 0 aliphatic carbocycles. The Labute approximate surface area is 112 Å². The van der Waals surface area contributed by atoms with Crippen molar-refractivity contribution in [2.24, 2.45) is 5.73 Å². The molecule has 1 aromatic heterocycles. The van der Waals surface area contributed by atoms with Gasteiger partial charge in [0.2, 0.25) is 0 Å². The lowest BCUT2D eigenvalue weighted by molar-refractivity contribution is 0.418. The van der Waals surface area contributed by atoms with Crippen molar-refractivity contribution < 1.29 is 4.52 Å². The van der Waals surface area contributed by atoms with Gasteiger partial charge in [-0.05, 0) is 18.2 Å². The summed E-state index contributed by atoms with van der Waals surface area (Å²) in [6.07, 6.45) is 0. The topological polar surface area (TPSA) is 64.9 Å². The van der Waals surface area contributed by atoms with Gasteiger partial charge in [0, 0.05) is 27.5 Å². The van der Waals surface area contributed by atoms with Crippen molar-refractivity contribution in [2.75, 3.05) is 6.54 Å². The largest absolute Gasteiger partial charge is 0.334 e. The Kier molecular flexibility index (Phi) is 3.81. The number of nitrogens with zero attached hydrogens (tertiary/aromatic N) is 2. The van der Waals surface area contributed by atoms with Crippen molar-refractivity contribution in [1.82, 2.24) is 10.1 Å². The van der Waals surface area contributed by atoms with Gasteiger partial charge >= 0.3 is 0 Å². The molecule has 1 aromatic carbocycles. The Morgan fingerprint density at radius 3 is 2.88 bits per heavy atom. The first-order valence-electron chi connectivity index (χ1n) is 5.10. The molecule has 90 valence electrons. The van der Waals surface area contributed by atoms with Crippen LogP contribution in [0.15, 0.2) is 27.2 Å². The van der Waals surface area contributed by atoms with Gasteiger partial charge in [0.15, 0.2) is 5.82 Å². The standard InChI is InChI=1S/C11H11BrClN3O/c1-6(5-14)10-15-11(17-16-10)7-2-8(12)4-9(13)3-7/h2-4,6H,5,14H2,1H3. The Morgan fingerprint density at radius 2 is 2.24 bits per heavy atom. The molecule has 2 aromatic rings. The number of nitrogens with two attached hydrogens (primary N) is 1. The highest BCUT2D eigenvalue weighted by atomic mass is 79.9. The van der Waals surface area contributed by atoms with Crippen LogP contribution in [0, 0.1) is 0 Å². The van der Waals surface area contributed by atoms with Crippen molar-refractivity contribution >= 4 is 27.5 Å². The maximum atomic E-state index is 5.96. The van der Waals surface area contributed by atoms with E-state index >= 15 is 0 Å². The van der Waals surface area contributed by atoms with Crippen molar-refractivity contribution in [2.45, 2.75) is 12.8 Å². The van der Waals surface area contributed by atoms with E-state index in [-0.39, 0.29) is 5.92 Å². The molecule has 0 saturated heterocycles. The summed E-state index contributed by atoms with van der Waals surface area (Å²) in [6, 6.07) is 5.44. The van der Waals surface area contributed by atoms with Gasteiger partial charge in [-0.1, -0.05) is 39.6 Å². The highest BCUT2D eigenvalue weighted by Gasteiger charge is 2.14. The summed E-state index contributed by atoms with van der Waals surface area (Å²) in [5.74, 6) is 1.14. The summed E-state index contributed by atoms with van der Waals surface area (Å²) < 4.78 is 6.05. The van der Waals surface area contributed by atoms with E-state index < -0.39 is 0 Å². The number of halogens is 2. The Bertz CT molecular complexity index is 509. The van der Waals surface area contributed by atoms with Crippen molar-refractivity contribution in [1.29, 1.82) is 0 Å². The lowest BCUT2D eigenvalue weighted by atomic mass is 10.2. The van der Waals surface area contributed by atoms with Crippen molar-refractivity contribution in [3.05, 3.63) is 33.5 Å². The van der Waals surface area contributed by atoms with Crippen LogP contribution in [0.4, 0.5) is 0 Å². The summed E-state index contributed by atoms with van der Waals surface area (Å²) in [6.45, 7) is 2.43. The Hall–Kier alpha value is -0.910. The Morgan fingerprint density at radius 1 is 1.47 bits per heavy atom. The molecule has 0 spiro atoms. The van der Waals surface area contributed by atoms with E-state index in [0.29, 0.717) is 23.3 Å². The minimum absolute atomic E-state index is 0.0788. The molecule has 2 N–H and O–H groups in total. The predicted octanol–water partition coefficient (Wildman–Crippen LogP) is 3.21. The van der Waals surface area contributed by atoms with E-state index in [1.165, 1.54) is 0 Å². The van der Waals surface area contributed by atoms with E-state index in [2.05, 4.69) is 26.1 Å². The summed E-state index contributed by atoms with van der Waals surface area (Å²) >= 11 is 9.32. The first kappa shape index (κ1) is 12.5. The third-order valence-corrected chi connectivity index (χ3v) is 3.02. The molecule has 0 saturated carbocycles. The zero-order chi connectivity index (χ0) is 12.4. The Balaban J connectivity index is 2.36. The van der Waals surface area contributed by atoms with Crippen LogP contribution < -0.4 is 5.73 Å². The molecule has 4 nitrogen and oxygen atoms in total. The fourth-order valence-electron chi connectivity index (χ4n) is 1.34. The third kappa shape index (κ3) is 2.86. The van der Waals surface area contributed by atoms with E-state index in [1.807, 2.05) is 13.0 Å². The molecular weight excluding hydrogens is 305 g/mol. The molecule has 6 heteroatoms. The van der Waals surface area contributed by atoms with E-state index in [9.17, 15) is 0 Å². The van der Waals surface area contributed by atoms with Gasteiger partial charge < -0.3 is 10.3 Å². The monoisotopic (exact) mass is 315 g/mol. The van der Waals surface area contributed by atoms with E-state index in [4.69, 9.17) is 21.9 Å². The second-order valence-electron chi connectivity index (χ2n) is 3.75. The van der Waals surface area contributed by atoms with Gasteiger partial charge in [-0.15, -0.1) is 0 Å². The summed E-state index contributed by atoms with van der Waals surface area (Å²) in [7, 11) is 0. The third-order valence-electron chi connectivity index (χ3n) is 2.35. The van der Waals surface area contributed by atoms with Gasteiger partial charge in [0.25, 0.3) is 5.89 Å². The minimum Gasteiger partial charge on any atom is -0.334 e. The summed E-state index contributed by atoms with van der Waals surface area (Å²) in [5.41, 5.74) is 6.33. The fraction of sp³-hybridized carbons (Fsp3) is 0.273. The van der Waals surface area contributed by atoms with Crippen LogP contribution >= 0.6 is 27.5 Å². The maximum absolute atomic E-state index is 5.96. The van der Waals surface area contributed by atoms with Gasteiger partial charge in [-0.3, -0.25) is 0 Å². The van der Waals surface area contributed by atoms with Crippen molar-refractivity contribution in [3.8, 4) is 11.5 Å². The quantitative estimate of drug-likeness (QED) is 0.944. The van der Waals surface area contributed by atoms with Gasteiger partial charge in [0.05, 0.1) is 0 Å². The molecule has 1 atom stereocenters. The van der Waals surface area contributed by atoms with Crippen LogP contribution in [0.1, 0.15) is 18.7 Å². The second kappa shape index (κ2) is 5.16. The van der Waals surface area contributed by atoms with E-state index in [1.54, 1.807) is 12.1 Å². The lowest BCUT2D eigenvalue weighted by Crippen LogP contribution is -2.10. The van der Waals surface area contributed by atoms with Gasteiger partial charge in [-0.25, -0.2) is 0 Å².